The third-order valence-electron chi connectivity index (χ3n) is 4.73. The average Bonchev–Trinajstić information content (AvgIpc) is 2.74. The molecule has 2 amide bonds. The summed E-state index contributed by atoms with van der Waals surface area (Å²) < 4.78 is 5.77. The fourth-order valence-electron chi connectivity index (χ4n) is 3.03. The predicted octanol–water partition coefficient (Wildman–Crippen LogP) is 5.18. The van der Waals surface area contributed by atoms with E-state index in [1.54, 1.807) is 30.3 Å². The van der Waals surface area contributed by atoms with Gasteiger partial charge in [0.15, 0.2) is 0 Å². The van der Waals surface area contributed by atoms with Crippen LogP contribution in [0.25, 0.3) is 0 Å². The highest BCUT2D eigenvalue weighted by Gasteiger charge is 2.25. The van der Waals surface area contributed by atoms with E-state index in [9.17, 15) is 9.59 Å². The third-order valence-corrected chi connectivity index (χ3v) is 4.73. The van der Waals surface area contributed by atoms with Crippen molar-refractivity contribution >= 4 is 17.5 Å². The molecule has 0 aliphatic heterocycles. The zero-order chi connectivity index (χ0) is 21.5. The van der Waals surface area contributed by atoms with Crippen LogP contribution >= 0.6 is 0 Å². The summed E-state index contributed by atoms with van der Waals surface area (Å²) in [5.41, 5.74) is 2.07. The minimum absolute atomic E-state index is 0.0707. The molecular weight excluding hydrogens is 376 g/mol. The van der Waals surface area contributed by atoms with Crippen LogP contribution in [0.15, 0.2) is 78.9 Å². The first-order valence-electron chi connectivity index (χ1n) is 9.94. The molecule has 0 heterocycles. The van der Waals surface area contributed by atoms with Gasteiger partial charge in [0.05, 0.1) is 0 Å². The number of hydrogen-bond donors (Lipinski definition) is 2. The van der Waals surface area contributed by atoms with Crippen molar-refractivity contribution in [3.63, 3.8) is 0 Å². The summed E-state index contributed by atoms with van der Waals surface area (Å²) in [4.78, 5) is 25.5. The van der Waals surface area contributed by atoms with Gasteiger partial charge in [-0.25, -0.2) is 0 Å². The number of hydrogen-bond acceptors (Lipinski definition) is 3. The standard InChI is InChI=1S/C25H26N2O3/c1-17(2)23(27-24(28)22-12-8-7-9-18(22)3)25(29)26-19-13-15-21(16-14-19)30-20-10-5-4-6-11-20/h4-17,23H,1-3H3,(H,26,29)(H,27,28). The Morgan fingerprint density at radius 3 is 2.03 bits per heavy atom. The highest BCUT2D eigenvalue weighted by Crippen LogP contribution is 2.23. The first-order valence-corrected chi connectivity index (χ1v) is 9.94. The number of nitrogens with one attached hydrogen (secondary N) is 2. The van der Waals surface area contributed by atoms with Gasteiger partial charge in [-0.15, -0.1) is 0 Å². The number of carbonyl (C=O) groups excluding carboxylic acids is 2. The van der Waals surface area contributed by atoms with Crippen LogP contribution < -0.4 is 15.4 Å². The van der Waals surface area contributed by atoms with Crippen LogP contribution in [0.2, 0.25) is 0 Å². The van der Waals surface area contributed by atoms with Gasteiger partial charge in [-0.1, -0.05) is 50.2 Å². The third kappa shape index (κ3) is 5.47. The molecule has 3 aromatic carbocycles. The molecule has 0 aromatic heterocycles. The summed E-state index contributed by atoms with van der Waals surface area (Å²) >= 11 is 0. The molecule has 1 unspecified atom stereocenters. The molecule has 2 N–H and O–H groups in total. The van der Waals surface area contributed by atoms with Gasteiger partial charge >= 0.3 is 0 Å². The number of rotatable bonds is 7. The molecule has 154 valence electrons. The number of carbonyl (C=O) groups is 2. The Balaban J connectivity index is 1.65. The van der Waals surface area contributed by atoms with Crippen LogP contribution in [-0.2, 0) is 4.79 Å². The SMILES string of the molecule is Cc1ccccc1C(=O)NC(C(=O)Nc1ccc(Oc2ccccc2)cc1)C(C)C. The van der Waals surface area contributed by atoms with Crippen LogP contribution in [0.5, 0.6) is 11.5 Å². The molecule has 0 radical (unpaired) electrons. The molecule has 30 heavy (non-hydrogen) atoms. The van der Waals surface area contributed by atoms with Gasteiger partial charge < -0.3 is 15.4 Å². The van der Waals surface area contributed by atoms with Crippen molar-refractivity contribution in [2.45, 2.75) is 26.8 Å². The Hall–Kier alpha value is -3.60. The normalized spacial score (nSPS) is 11.6. The van der Waals surface area contributed by atoms with E-state index in [0.717, 1.165) is 11.3 Å². The van der Waals surface area contributed by atoms with Gasteiger partial charge in [0, 0.05) is 11.3 Å². The lowest BCUT2D eigenvalue weighted by Crippen LogP contribution is -2.47. The maximum absolute atomic E-state index is 12.8. The van der Waals surface area contributed by atoms with Gasteiger partial charge in [-0.05, 0) is 60.9 Å². The van der Waals surface area contributed by atoms with Crippen LogP contribution in [0.4, 0.5) is 5.69 Å². The summed E-state index contributed by atoms with van der Waals surface area (Å²) in [6.07, 6.45) is 0. The van der Waals surface area contributed by atoms with Gasteiger partial charge in [-0.3, -0.25) is 9.59 Å². The van der Waals surface area contributed by atoms with E-state index in [4.69, 9.17) is 4.74 Å². The smallest absolute Gasteiger partial charge is 0.252 e. The molecule has 0 aliphatic carbocycles. The van der Waals surface area contributed by atoms with Crippen molar-refractivity contribution in [1.82, 2.24) is 5.32 Å². The van der Waals surface area contributed by atoms with Crippen LogP contribution in [0, 0.1) is 12.8 Å². The predicted molar refractivity (Wildman–Crippen MR) is 119 cm³/mol. The molecule has 0 spiro atoms. The van der Waals surface area contributed by atoms with E-state index in [0.29, 0.717) is 17.0 Å². The van der Waals surface area contributed by atoms with Gasteiger partial charge in [0.2, 0.25) is 5.91 Å². The second-order valence-electron chi connectivity index (χ2n) is 7.44. The Labute approximate surface area is 177 Å². The van der Waals surface area contributed by atoms with E-state index in [1.807, 2.05) is 69.3 Å². The molecule has 0 bridgehead atoms. The summed E-state index contributed by atoms with van der Waals surface area (Å²) in [6.45, 7) is 5.68. The molecule has 5 heteroatoms. The molecule has 5 nitrogen and oxygen atoms in total. The Morgan fingerprint density at radius 1 is 0.800 bits per heavy atom. The quantitative estimate of drug-likeness (QED) is 0.572. The van der Waals surface area contributed by atoms with Crippen LogP contribution in [0.3, 0.4) is 0 Å². The van der Waals surface area contributed by atoms with Gasteiger partial charge in [0.1, 0.15) is 17.5 Å². The summed E-state index contributed by atoms with van der Waals surface area (Å²) in [7, 11) is 0. The number of para-hydroxylation sites is 1. The molecule has 0 saturated heterocycles. The zero-order valence-corrected chi connectivity index (χ0v) is 17.4. The van der Waals surface area contributed by atoms with Crippen molar-refractivity contribution in [1.29, 1.82) is 0 Å². The highest BCUT2D eigenvalue weighted by molar-refractivity contribution is 6.01. The number of amides is 2. The summed E-state index contributed by atoms with van der Waals surface area (Å²) in [5, 5.41) is 5.74. The Morgan fingerprint density at radius 2 is 1.40 bits per heavy atom. The van der Waals surface area contributed by atoms with Crippen molar-refractivity contribution in [3.05, 3.63) is 90.0 Å². The second-order valence-corrected chi connectivity index (χ2v) is 7.44. The van der Waals surface area contributed by atoms with Crippen LogP contribution in [-0.4, -0.2) is 17.9 Å². The van der Waals surface area contributed by atoms with E-state index < -0.39 is 6.04 Å². The largest absolute Gasteiger partial charge is 0.457 e. The second kappa shape index (κ2) is 9.74. The lowest BCUT2D eigenvalue weighted by Gasteiger charge is -2.22. The lowest BCUT2D eigenvalue weighted by molar-refractivity contribution is -0.118. The Bertz CT molecular complexity index is 998. The summed E-state index contributed by atoms with van der Waals surface area (Å²) in [6, 6.07) is 23.3. The van der Waals surface area contributed by atoms with Crippen molar-refractivity contribution in [2.75, 3.05) is 5.32 Å². The zero-order valence-electron chi connectivity index (χ0n) is 17.4. The molecule has 0 saturated carbocycles. The number of anilines is 1. The Kier molecular flexibility index (Phi) is 6.86. The number of ether oxygens (including phenoxy) is 1. The van der Waals surface area contributed by atoms with E-state index in [-0.39, 0.29) is 17.7 Å². The first-order chi connectivity index (χ1) is 14.4. The molecule has 3 rings (SSSR count). The maximum Gasteiger partial charge on any atom is 0.252 e. The van der Waals surface area contributed by atoms with E-state index in [1.165, 1.54) is 0 Å². The molecule has 1 atom stereocenters. The molecule has 3 aromatic rings. The van der Waals surface area contributed by atoms with Crippen molar-refractivity contribution in [3.8, 4) is 11.5 Å². The first kappa shape index (κ1) is 21.1. The molecule has 0 fully saturated rings. The monoisotopic (exact) mass is 402 g/mol. The number of aryl methyl sites for hydroxylation is 1. The lowest BCUT2D eigenvalue weighted by atomic mass is 10.0. The molecule has 0 aliphatic rings. The van der Waals surface area contributed by atoms with Crippen LogP contribution in [0.1, 0.15) is 29.8 Å². The maximum atomic E-state index is 12.8. The van der Waals surface area contributed by atoms with Crippen molar-refractivity contribution < 1.29 is 14.3 Å². The number of benzene rings is 3. The van der Waals surface area contributed by atoms with E-state index in [2.05, 4.69) is 10.6 Å². The average molecular weight is 402 g/mol. The highest BCUT2D eigenvalue weighted by atomic mass is 16.5. The minimum atomic E-state index is -0.655. The van der Waals surface area contributed by atoms with Gasteiger partial charge in [-0.2, -0.15) is 0 Å². The van der Waals surface area contributed by atoms with E-state index >= 15 is 0 Å². The minimum Gasteiger partial charge on any atom is -0.457 e. The molecular formula is C25H26N2O3. The fourth-order valence-corrected chi connectivity index (χ4v) is 3.03. The van der Waals surface area contributed by atoms with Crippen molar-refractivity contribution in [2.24, 2.45) is 5.92 Å². The van der Waals surface area contributed by atoms with Gasteiger partial charge in [0.25, 0.3) is 5.91 Å². The fraction of sp³-hybridized carbons (Fsp3) is 0.200. The topological polar surface area (TPSA) is 67.4 Å². The summed E-state index contributed by atoms with van der Waals surface area (Å²) in [5.74, 6) is 0.830.